The van der Waals surface area contributed by atoms with Crippen LogP contribution in [0.15, 0.2) is 24.3 Å². The van der Waals surface area contributed by atoms with Gasteiger partial charge >= 0.3 is 5.97 Å². The van der Waals surface area contributed by atoms with Crippen LogP contribution in [0.5, 0.6) is 0 Å². The number of carboxylic acid groups (broad SMARTS) is 1. The molecule has 0 heterocycles. The summed E-state index contributed by atoms with van der Waals surface area (Å²) in [7, 11) is 0. The zero-order chi connectivity index (χ0) is 18.9. The maximum absolute atomic E-state index is 12.1. The van der Waals surface area contributed by atoms with Crippen LogP contribution in [-0.2, 0) is 16.0 Å². The maximum atomic E-state index is 12.1. The molecule has 0 bridgehead atoms. The van der Waals surface area contributed by atoms with E-state index in [0.29, 0.717) is 25.3 Å². The first kappa shape index (κ1) is 19.9. The lowest BCUT2D eigenvalue weighted by Crippen LogP contribution is -2.45. The van der Waals surface area contributed by atoms with Crippen molar-refractivity contribution in [2.24, 2.45) is 5.92 Å². The second kappa shape index (κ2) is 9.94. The summed E-state index contributed by atoms with van der Waals surface area (Å²) in [5.41, 5.74) is 1.19. The monoisotopic (exact) mass is 360 g/mol. The number of carbonyl (C=O) groups is 3. The number of amides is 2. The third-order valence-corrected chi connectivity index (χ3v) is 4.88. The second-order valence-electron chi connectivity index (χ2n) is 7.04. The van der Waals surface area contributed by atoms with Gasteiger partial charge in [-0.15, -0.1) is 0 Å². The highest BCUT2D eigenvalue weighted by Gasteiger charge is 2.20. The molecule has 142 valence electrons. The molecule has 2 amide bonds. The summed E-state index contributed by atoms with van der Waals surface area (Å²) < 4.78 is 0. The SMILES string of the molecule is CC(NC(=O)CC1CCCCC1)C(=O)NCCc1ccc(C(=O)O)cc1. The van der Waals surface area contributed by atoms with Crippen molar-refractivity contribution in [2.45, 2.75) is 57.9 Å². The molecule has 1 aliphatic carbocycles. The van der Waals surface area contributed by atoms with E-state index >= 15 is 0 Å². The summed E-state index contributed by atoms with van der Waals surface area (Å²) in [6, 6.07) is 6.03. The standard InChI is InChI=1S/C20H28N2O4/c1-14(22-18(23)13-16-5-3-2-4-6-16)19(24)21-12-11-15-7-9-17(10-8-15)20(25)26/h7-10,14,16H,2-6,11-13H2,1H3,(H,21,24)(H,22,23)(H,25,26). The molecule has 2 rings (SSSR count). The molecular weight excluding hydrogens is 332 g/mol. The van der Waals surface area contributed by atoms with E-state index in [0.717, 1.165) is 18.4 Å². The predicted octanol–water partition coefficient (Wildman–Crippen LogP) is 2.52. The minimum Gasteiger partial charge on any atom is -0.478 e. The van der Waals surface area contributed by atoms with Crippen LogP contribution in [0.4, 0.5) is 0 Å². The van der Waals surface area contributed by atoms with E-state index < -0.39 is 12.0 Å². The predicted molar refractivity (Wildman–Crippen MR) is 98.9 cm³/mol. The summed E-state index contributed by atoms with van der Waals surface area (Å²) in [4.78, 5) is 35.0. The third kappa shape index (κ3) is 6.50. The van der Waals surface area contributed by atoms with Crippen molar-refractivity contribution < 1.29 is 19.5 Å². The Bertz CT molecular complexity index is 621. The van der Waals surface area contributed by atoms with Gasteiger partial charge in [0.05, 0.1) is 5.56 Å². The lowest BCUT2D eigenvalue weighted by Gasteiger charge is -2.22. The number of carbonyl (C=O) groups excluding carboxylic acids is 2. The van der Waals surface area contributed by atoms with Crippen LogP contribution in [0.25, 0.3) is 0 Å². The van der Waals surface area contributed by atoms with Gasteiger partial charge in [-0.2, -0.15) is 0 Å². The normalized spacial score (nSPS) is 15.9. The average Bonchev–Trinajstić information content (AvgIpc) is 2.62. The zero-order valence-corrected chi connectivity index (χ0v) is 15.3. The van der Waals surface area contributed by atoms with Gasteiger partial charge in [0, 0.05) is 13.0 Å². The summed E-state index contributed by atoms with van der Waals surface area (Å²) >= 11 is 0. The number of benzene rings is 1. The van der Waals surface area contributed by atoms with Gasteiger partial charge in [-0.05, 0) is 49.8 Å². The van der Waals surface area contributed by atoms with Crippen LogP contribution in [0.3, 0.4) is 0 Å². The van der Waals surface area contributed by atoms with Crippen LogP contribution < -0.4 is 10.6 Å². The molecule has 1 saturated carbocycles. The number of nitrogens with one attached hydrogen (secondary N) is 2. The van der Waals surface area contributed by atoms with Gasteiger partial charge in [0.15, 0.2) is 0 Å². The summed E-state index contributed by atoms with van der Waals surface area (Å²) in [6.45, 7) is 2.13. The topological polar surface area (TPSA) is 95.5 Å². The minimum atomic E-state index is -0.956. The van der Waals surface area contributed by atoms with Crippen molar-refractivity contribution in [1.82, 2.24) is 10.6 Å². The van der Waals surface area contributed by atoms with E-state index in [4.69, 9.17) is 5.11 Å². The molecule has 1 atom stereocenters. The van der Waals surface area contributed by atoms with Crippen LogP contribution in [0.1, 0.15) is 61.4 Å². The molecular formula is C20H28N2O4. The van der Waals surface area contributed by atoms with Crippen molar-refractivity contribution in [1.29, 1.82) is 0 Å². The molecule has 1 unspecified atom stereocenters. The molecule has 3 N–H and O–H groups in total. The van der Waals surface area contributed by atoms with E-state index in [1.165, 1.54) is 19.3 Å². The number of hydrogen-bond donors (Lipinski definition) is 3. The Hall–Kier alpha value is -2.37. The molecule has 0 spiro atoms. The smallest absolute Gasteiger partial charge is 0.335 e. The molecule has 1 fully saturated rings. The Morgan fingerprint density at radius 1 is 1.12 bits per heavy atom. The van der Waals surface area contributed by atoms with Gasteiger partial charge < -0.3 is 15.7 Å². The molecule has 0 aromatic heterocycles. The summed E-state index contributed by atoms with van der Waals surface area (Å²) in [5, 5.41) is 14.5. The number of rotatable bonds is 8. The third-order valence-electron chi connectivity index (χ3n) is 4.88. The highest BCUT2D eigenvalue weighted by atomic mass is 16.4. The van der Waals surface area contributed by atoms with Crippen LogP contribution in [-0.4, -0.2) is 35.5 Å². The molecule has 0 saturated heterocycles. The fraction of sp³-hybridized carbons (Fsp3) is 0.550. The largest absolute Gasteiger partial charge is 0.478 e. The Balaban J connectivity index is 1.67. The number of carboxylic acids is 1. The van der Waals surface area contributed by atoms with E-state index in [9.17, 15) is 14.4 Å². The summed E-state index contributed by atoms with van der Waals surface area (Å²) in [6.07, 6.45) is 6.98. The fourth-order valence-corrected chi connectivity index (χ4v) is 3.32. The Kier molecular flexibility index (Phi) is 7.63. The first-order chi connectivity index (χ1) is 12.5. The average molecular weight is 360 g/mol. The molecule has 6 heteroatoms. The van der Waals surface area contributed by atoms with E-state index in [2.05, 4.69) is 10.6 Å². The lowest BCUT2D eigenvalue weighted by molar-refractivity contribution is -0.129. The minimum absolute atomic E-state index is 0.0520. The highest BCUT2D eigenvalue weighted by Crippen LogP contribution is 2.26. The van der Waals surface area contributed by atoms with Crippen LogP contribution >= 0.6 is 0 Å². The Labute approximate surface area is 154 Å². The van der Waals surface area contributed by atoms with E-state index in [1.54, 1.807) is 31.2 Å². The maximum Gasteiger partial charge on any atom is 0.335 e. The van der Waals surface area contributed by atoms with Crippen molar-refractivity contribution in [2.75, 3.05) is 6.54 Å². The fourth-order valence-electron chi connectivity index (χ4n) is 3.32. The molecule has 1 aromatic carbocycles. The van der Waals surface area contributed by atoms with Gasteiger partial charge in [0.1, 0.15) is 6.04 Å². The second-order valence-corrected chi connectivity index (χ2v) is 7.04. The van der Waals surface area contributed by atoms with Gasteiger partial charge in [-0.1, -0.05) is 31.4 Å². The van der Waals surface area contributed by atoms with Crippen molar-refractivity contribution in [3.05, 3.63) is 35.4 Å². The number of aromatic carboxylic acids is 1. The van der Waals surface area contributed by atoms with E-state index in [1.807, 2.05) is 0 Å². The molecule has 1 aliphatic rings. The molecule has 26 heavy (non-hydrogen) atoms. The van der Waals surface area contributed by atoms with Gasteiger partial charge in [-0.3, -0.25) is 9.59 Å². The zero-order valence-electron chi connectivity index (χ0n) is 15.3. The molecule has 1 aromatic rings. The van der Waals surface area contributed by atoms with Crippen LogP contribution in [0, 0.1) is 5.92 Å². The Morgan fingerprint density at radius 3 is 2.38 bits per heavy atom. The van der Waals surface area contributed by atoms with Crippen molar-refractivity contribution in [3.63, 3.8) is 0 Å². The van der Waals surface area contributed by atoms with Crippen molar-refractivity contribution in [3.8, 4) is 0 Å². The number of hydrogen-bond acceptors (Lipinski definition) is 3. The van der Waals surface area contributed by atoms with Gasteiger partial charge in [0.25, 0.3) is 0 Å². The first-order valence-corrected chi connectivity index (χ1v) is 9.35. The molecule has 6 nitrogen and oxygen atoms in total. The van der Waals surface area contributed by atoms with Crippen LogP contribution in [0.2, 0.25) is 0 Å². The van der Waals surface area contributed by atoms with Gasteiger partial charge in [0.2, 0.25) is 11.8 Å². The summed E-state index contributed by atoms with van der Waals surface area (Å²) in [5.74, 6) is -0.761. The quantitative estimate of drug-likeness (QED) is 0.664. The van der Waals surface area contributed by atoms with Crippen molar-refractivity contribution >= 4 is 17.8 Å². The first-order valence-electron chi connectivity index (χ1n) is 9.35. The molecule has 0 aliphatic heterocycles. The highest BCUT2D eigenvalue weighted by molar-refractivity contribution is 5.88. The lowest BCUT2D eigenvalue weighted by atomic mass is 9.87. The Morgan fingerprint density at radius 2 is 1.77 bits per heavy atom. The van der Waals surface area contributed by atoms with Gasteiger partial charge in [-0.25, -0.2) is 4.79 Å². The van der Waals surface area contributed by atoms with E-state index in [-0.39, 0.29) is 17.4 Å². The molecule has 0 radical (unpaired) electrons.